The predicted octanol–water partition coefficient (Wildman–Crippen LogP) is 14.7. The highest BCUT2D eigenvalue weighted by molar-refractivity contribution is 5.72. The molecule has 0 aromatic rings. The van der Waals surface area contributed by atoms with E-state index in [-0.39, 0.29) is 32.3 Å². The molecule has 0 bridgehead atoms. The van der Waals surface area contributed by atoms with Gasteiger partial charge < -0.3 is 28.8 Å². The van der Waals surface area contributed by atoms with Crippen LogP contribution >= 0.6 is 0 Å². The number of carbonyl (C=O) groups is 4. The van der Waals surface area contributed by atoms with Crippen molar-refractivity contribution in [2.45, 2.75) is 315 Å². The molecule has 1 saturated heterocycles. The molecule has 0 saturated carbocycles. The van der Waals surface area contributed by atoms with E-state index >= 15 is 0 Å². The zero-order chi connectivity index (χ0) is 46.7. The Balaban J connectivity index is 3.03. The summed E-state index contributed by atoms with van der Waals surface area (Å²) in [5.74, 6) is -1.97. The number of aliphatic hydroxyl groups is 1. The molecule has 0 unspecified atom stereocenters. The molecule has 1 aliphatic heterocycles. The van der Waals surface area contributed by atoms with Crippen molar-refractivity contribution in [2.24, 2.45) is 0 Å². The summed E-state index contributed by atoms with van der Waals surface area (Å²) in [6.07, 6.45) is 33.5. The standard InChI is InChI=1S/C54H100O10/c1-5-9-13-17-21-25-29-33-37-41-47(55)60-45-46-51(62-48(56)42-38-34-30-26-22-18-14-10-6-2)52(63-49(57)43-39-35-31-27-23-19-15-11-7-3)53(54(59)61-46)64-50(58)44-40-36-32-28-24-20-16-12-8-4/h46,51-54,59H,5-45H2,1-4H3/t46-,51+,52+,53-,54-/m1/s1. The van der Waals surface area contributed by atoms with Gasteiger partial charge in [-0.15, -0.1) is 0 Å². The molecule has 0 amide bonds. The number of unbranched alkanes of at least 4 members (excludes halogenated alkanes) is 32. The second-order valence-electron chi connectivity index (χ2n) is 18.9. The molecule has 0 aromatic carbocycles. The van der Waals surface area contributed by atoms with Gasteiger partial charge in [-0.3, -0.25) is 19.2 Å². The normalized spacial score (nSPS) is 18.5. The molecule has 64 heavy (non-hydrogen) atoms. The first-order valence-electron chi connectivity index (χ1n) is 27.3. The molecule has 10 nitrogen and oxygen atoms in total. The van der Waals surface area contributed by atoms with Crippen molar-refractivity contribution in [2.75, 3.05) is 6.61 Å². The molecule has 1 rings (SSSR count). The van der Waals surface area contributed by atoms with Gasteiger partial charge in [-0.1, -0.05) is 233 Å². The second kappa shape index (κ2) is 43.4. The van der Waals surface area contributed by atoms with E-state index in [1.165, 1.54) is 128 Å². The van der Waals surface area contributed by atoms with Crippen LogP contribution < -0.4 is 0 Å². The number of esters is 4. The summed E-state index contributed by atoms with van der Waals surface area (Å²) < 4.78 is 29.6. The Morgan fingerprint density at radius 3 is 0.906 bits per heavy atom. The fourth-order valence-electron chi connectivity index (χ4n) is 8.63. The minimum atomic E-state index is -1.69. The number of hydrogen-bond acceptors (Lipinski definition) is 10. The lowest BCUT2D eigenvalue weighted by atomic mass is 9.97. The summed E-state index contributed by atoms with van der Waals surface area (Å²) in [5.41, 5.74) is 0. The fourth-order valence-corrected chi connectivity index (χ4v) is 8.63. The lowest BCUT2D eigenvalue weighted by Crippen LogP contribution is -2.62. The van der Waals surface area contributed by atoms with Crippen LogP contribution in [0, 0.1) is 0 Å². The molecule has 10 heteroatoms. The largest absolute Gasteiger partial charge is 0.463 e. The summed E-state index contributed by atoms with van der Waals surface area (Å²) in [4.78, 5) is 53.3. The van der Waals surface area contributed by atoms with E-state index in [1.807, 2.05) is 0 Å². The van der Waals surface area contributed by atoms with Gasteiger partial charge in [-0.05, 0) is 25.7 Å². The number of rotatable bonds is 45. The van der Waals surface area contributed by atoms with Crippen molar-refractivity contribution >= 4 is 23.9 Å². The molecular formula is C54H100O10. The Bertz CT molecular complexity index is 1110. The van der Waals surface area contributed by atoms with Gasteiger partial charge in [0.15, 0.2) is 24.6 Å². The Labute approximate surface area is 392 Å². The SMILES string of the molecule is CCCCCCCCCCCC(=O)OC[C@H]1O[C@@H](O)[C@H](OC(=O)CCCCCCCCCCC)[C@@H](OC(=O)CCCCCCCCCCC)[C@H]1OC(=O)CCCCCCCCCCC. The Kier molecular flexibility index (Phi) is 40.5. The van der Waals surface area contributed by atoms with Gasteiger partial charge in [0, 0.05) is 25.7 Å². The summed E-state index contributed by atoms with van der Waals surface area (Å²) in [6, 6.07) is 0. The van der Waals surface area contributed by atoms with Crippen molar-refractivity contribution in [3.05, 3.63) is 0 Å². The molecule has 0 spiro atoms. The zero-order valence-electron chi connectivity index (χ0n) is 42.0. The van der Waals surface area contributed by atoms with Crippen LogP contribution in [0.1, 0.15) is 285 Å². The Morgan fingerprint density at radius 2 is 0.594 bits per heavy atom. The van der Waals surface area contributed by atoms with Crippen LogP contribution in [0.3, 0.4) is 0 Å². The molecule has 0 radical (unpaired) electrons. The van der Waals surface area contributed by atoms with Gasteiger partial charge in [-0.25, -0.2) is 0 Å². The molecule has 0 aliphatic carbocycles. The lowest BCUT2D eigenvalue weighted by molar-refractivity contribution is -0.297. The molecule has 5 atom stereocenters. The summed E-state index contributed by atoms with van der Waals surface area (Å²) in [5, 5.41) is 11.4. The third-order valence-electron chi connectivity index (χ3n) is 12.8. The second-order valence-corrected chi connectivity index (χ2v) is 18.9. The highest BCUT2D eigenvalue weighted by Crippen LogP contribution is 2.30. The Hall–Kier alpha value is -2.20. The molecular weight excluding hydrogens is 809 g/mol. The van der Waals surface area contributed by atoms with Crippen LogP contribution in [0.5, 0.6) is 0 Å². The number of aliphatic hydroxyl groups excluding tert-OH is 1. The third kappa shape index (κ3) is 33.3. The smallest absolute Gasteiger partial charge is 0.306 e. The van der Waals surface area contributed by atoms with Crippen molar-refractivity contribution in [3.63, 3.8) is 0 Å². The minimum Gasteiger partial charge on any atom is -0.463 e. The maximum atomic E-state index is 13.5. The molecule has 1 N–H and O–H groups in total. The Morgan fingerprint density at radius 1 is 0.344 bits per heavy atom. The van der Waals surface area contributed by atoms with E-state index in [0.717, 1.165) is 77.0 Å². The van der Waals surface area contributed by atoms with Crippen molar-refractivity contribution < 1.29 is 48.0 Å². The van der Waals surface area contributed by atoms with E-state index in [9.17, 15) is 24.3 Å². The minimum absolute atomic E-state index is 0.139. The third-order valence-corrected chi connectivity index (χ3v) is 12.8. The van der Waals surface area contributed by atoms with E-state index < -0.39 is 54.6 Å². The van der Waals surface area contributed by atoms with Crippen LogP contribution in [0.2, 0.25) is 0 Å². The molecule has 1 fully saturated rings. The first-order chi connectivity index (χ1) is 31.3. The van der Waals surface area contributed by atoms with Crippen LogP contribution in [-0.4, -0.2) is 66.3 Å². The van der Waals surface area contributed by atoms with Crippen molar-refractivity contribution in [1.29, 1.82) is 0 Å². The fraction of sp³-hybridized carbons (Fsp3) is 0.926. The van der Waals surface area contributed by atoms with Gasteiger partial charge in [0.25, 0.3) is 0 Å². The summed E-state index contributed by atoms with van der Waals surface area (Å²) >= 11 is 0. The van der Waals surface area contributed by atoms with Crippen LogP contribution in [-0.2, 0) is 42.9 Å². The van der Waals surface area contributed by atoms with E-state index in [2.05, 4.69) is 27.7 Å². The van der Waals surface area contributed by atoms with Crippen LogP contribution in [0.15, 0.2) is 0 Å². The monoisotopic (exact) mass is 909 g/mol. The quantitative estimate of drug-likeness (QED) is 0.0357. The molecule has 1 heterocycles. The number of ether oxygens (including phenoxy) is 5. The zero-order valence-corrected chi connectivity index (χ0v) is 42.0. The number of hydrogen-bond donors (Lipinski definition) is 1. The van der Waals surface area contributed by atoms with E-state index in [0.29, 0.717) is 25.7 Å². The highest BCUT2D eigenvalue weighted by Gasteiger charge is 2.52. The first-order valence-corrected chi connectivity index (χ1v) is 27.3. The summed E-state index contributed by atoms with van der Waals surface area (Å²) in [7, 11) is 0. The van der Waals surface area contributed by atoms with Crippen LogP contribution in [0.4, 0.5) is 0 Å². The molecule has 1 aliphatic rings. The lowest BCUT2D eigenvalue weighted by Gasteiger charge is -2.43. The summed E-state index contributed by atoms with van der Waals surface area (Å²) in [6.45, 7) is 8.55. The first kappa shape index (κ1) is 59.8. The van der Waals surface area contributed by atoms with Crippen LogP contribution in [0.25, 0.3) is 0 Å². The predicted molar refractivity (Wildman–Crippen MR) is 259 cm³/mol. The molecule has 0 aromatic heterocycles. The number of carbonyl (C=O) groups excluding carboxylic acids is 4. The van der Waals surface area contributed by atoms with Gasteiger partial charge in [0.05, 0.1) is 0 Å². The van der Waals surface area contributed by atoms with Gasteiger partial charge >= 0.3 is 23.9 Å². The molecule has 376 valence electrons. The van der Waals surface area contributed by atoms with E-state index in [4.69, 9.17) is 23.7 Å². The maximum Gasteiger partial charge on any atom is 0.306 e. The average Bonchev–Trinajstić information content (AvgIpc) is 3.28. The van der Waals surface area contributed by atoms with Gasteiger partial charge in [-0.2, -0.15) is 0 Å². The highest BCUT2D eigenvalue weighted by atomic mass is 16.7. The van der Waals surface area contributed by atoms with Crippen molar-refractivity contribution in [1.82, 2.24) is 0 Å². The van der Waals surface area contributed by atoms with Gasteiger partial charge in [0.1, 0.15) is 12.7 Å². The van der Waals surface area contributed by atoms with Crippen molar-refractivity contribution in [3.8, 4) is 0 Å². The topological polar surface area (TPSA) is 135 Å². The average molecular weight is 909 g/mol. The van der Waals surface area contributed by atoms with Gasteiger partial charge in [0.2, 0.25) is 0 Å². The maximum absolute atomic E-state index is 13.5. The van der Waals surface area contributed by atoms with E-state index in [1.54, 1.807) is 0 Å².